The first-order chi connectivity index (χ1) is 5.29. The molecule has 70 valence electrons. The van der Waals surface area contributed by atoms with Gasteiger partial charge in [-0.2, -0.15) is 5.10 Å². The van der Waals surface area contributed by atoms with Crippen molar-refractivity contribution >= 4 is 15.7 Å². The van der Waals surface area contributed by atoms with Gasteiger partial charge in [0.2, 0.25) is 10.0 Å². The van der Waals surface area contributed by atoms with Crippen LogP contribution in [0.25, 0.3) is 0 Å². The molecule has 0 unspecified atom stereocenters. The molecule has 0 aromatic carbocycles. The first-order valence-corrected chi connectivity index (χ1v) is 5.70. The Morgan fingerprint density at radius 3 is 2.25 bits per heavy atom. The Hall–Kier alpha value is -0.580. The van der Waals surface area contributed by atoms with Gasteiger partial charge in [0.25, 0.3) is 0 Å². The van der Waals surface area contributed by atoms with E-state index in [0.29, 0.717) is 5.41 Å². The highest BCUT2D eigenvalue weighted by molar-refractivity contribution is 7.88. The van der Waals surface area contributed by atoms with Crippen LogP contribution in [0.1, 0.15) is 26.7 Å². The third-order valence-corrected chi connectivity index (χ3v) is 2.16. The fraction of sp³-hybridized carbons (Fsp3) is 0.857. The highest BCUT2D eigenvalue weighted by atomic mass is 32.2. The second-order valence-corrected chi connectivity index (χ2v) is 5.79. The molecule has 0 spiro atoms. The van der Waals surface area contributed by atoms with Gasteiger partial charge in [-0.15, -0.1) is 0 Å². The molecule has 1 N–H and O–H groups in total. The molecule has 5 heteroatoms. The Labute approximate surface area is 73.1 Å². The van der Waals surface area contributed by atoms with Crippen LogP contribution in [0.2, 0.25) is 0 Å². The van der Waals surface area contributed by atoms with Gasteiger partial charge >= 0.3 is 0 Å². The van der Waals surface area contributed by atoms with Gasteiger partial charge in [0, 0.05) is 5.71 Å². The highest BCUT2D eigenvalue weighted by Crippen LogP contribution is 2.37. The molecule has 1 aliphatic carbocycles. The molecule has 1 rings (SSSR count). The Morgan fingerprint density at radius 2 is 1.92 bits per heavy atom. The first-order valence-electron chi connectivity index (χ1n) is 3.81. The van der Waals surface area contributed by atoms with Crippen molar-refractivity contribution in [1.82, 2.24) is 4.83 Å². The SMILES string of the molecule is CC1(C)CC(=NNS(C)(=O)=O)C1. The molecule has 0 aromatic rings. The van der Waals surface area contributed by atoms with E-state index in [1.54, 1.807) is 0 Å². The summed E-state index contributed by atoms with van der Waals surface area (Å²) in [6, 6.07) is 0. The number of sulfonamides is 1. The van der Waals surface area contributed by atoms with Gasteiger partial charge in [0.1, 0.15) is 0 Å². The lowest BCUT2D eigenvalue weighted by Crippen LogP contribution is -2.34. The summed E-state index contributed by atoms with van der Waals surface area (Å²) in [5.41, 5.74) is 1.24. The zero-order valence-corrected chi connectivity index (χ0v) is 8.40. The van der Waals surface area contributed by atoms with Crippen LogP contribution in [-0.2, 0) is 10.0 Å². The molecule has 0 atom stereocenters. The quantitative estimate of drug-likeness (QED) is 0.652. The second kappa shape index (κ2) is 2.73. The van der Waals surface area contributed by atoms with Crippen LogP contribution in [0.15, 0.2) is 5.10 Å². The van der Waals surface area contributed by atoms with Crippen LogP contribution in [-0.4, -0.2) is 20.4 Å². The smallest absolute Gasteiger partial charge is 0.206 e. The summed E-state index contributed by atoms with van der Waals surface area (Å²) in [5.74, 6) is 0. The number of rotatable bonds is 2. The summed E-state index contributed by atoms with van der Waals surface area (Å²) in [5, 5.41) is 3.78. The van der Waals surface area contributed by atoms with E-state index in [-0.39, 0.29) is 0 Å². The van der Waals surface area contributed by atoms with E-state index in [4.69, 9.17) is 0 Å². The van der Waals surface area contributed by atoms with E-state index in [1.807, 2.05) is 0 Å². The molecule has 1 fully saturated rings. The second-order valence-electron chi connectivity index (χ2n) is 4.06. The molecular weight excluding hydrogens is 176 g/mol. The van der Waals surface area contributed by atoms with Crippen LogP contribution in [0.4, 0.5) is 0 Å². The number of nitrogens with zero attached hydrogens (tertiary/aromatic N) is 1. The fourth-order valence-corrected chi connectivity index (χ4v) is 1.57. The Bertz CT molecular complexity index is 293. The van der Waals surface area contributed by atoms with Crippen LogP contribution in [0.3, 0.4) is 0 Å². The molecule has 4 nitrogen and oxygen atoms in total. The lowest BCUT2D eigenvalue weighted by Gasteiger charge is -2.35. The largest absolute Gasteiger partial charge is 0.244 e. The van der Waals surface area contributed by atoms with Crippen LogP contribution < -0.4 is 4.83 Å². The zero-order valence-electron chi connectivity index (χ0n) is 7.59. The van der Waals surface area contributed by atoms with Gasteiger partial charge in [0.05, 0.1) is 6.26 Å². The minimum atomic E-state index is -3.17. The minimum Gasteiger partial charge on any atom is -0.206 e. The molecule has 12 heavy (non-hydrogen) atoms. The average molecular weight is 190 g/mol. The van der Waals surface area contributed by atoms with E-state index < -0.39 is 10.0 Å². The summed E-state index contributed by atoms with van der Waals surface area (Å²) in [4.78, 5) is 2.12. The van der Waals surface area contributed by atoms with Gasteiger partial charge in [0.15, 0.2) is 0 Å². The third-order valence-electron chi connectivity index (χ3n) is 1.73. The Balaban J connectivity index is 2.44. The Morgan fingerprint density at radius 1 is 1.42 bits per heavy atom. The topological polar surface area (TPSA) is 58.5 Å². The monoisotopic (exact) mass is 190 g/mol. The van der Waals surface area contributed by atoms with Gasteiger partial charge < -0.3 is 0 Å². The zero-order chi connectivity index (χ0) is 9.41. The van der Waals surface area contributed by atoms with Crippen LogP contribution >= 0.6 is 0 Å². The maximum absolute atomic E-state index is 10.6. The van der Waals surface area contributed by atoms with E-state index >= 15 is 0 Å². The molecule has 0 aliphatic heterocycles. The van der Waals surface area contributed by atoms with Gasteiger partial charge in [-0.25, -0.2) is 13.2 Å². The van der Waals surface area contributed by atoms with Gasteiger partial charge in [-0.3, -0.25) is 0 Å². The van der Waals surface area contributed by atoms with Crippen LogP contribution in [0, 0.1) is 5.41 Å². The third kappa shape index (κ3) is 2.81. The first kappa shape index (κ1) is 9.51. The van der Waals surface area contributed by atoms with Crippen molar-refractivity contribution in [3.63, 3.8) is 0 Å². The number of nitrogens with one attached hydrogen (secondary N) is 1. The predicted octanol–water partition coefficient (Wildman–Crippen LogP) is 0.712. The highest BCUT2D eigenvalue weighted by Gasteiger charge is 2.32. The summed E-state index contributed by atoms with van der Waals surface area (Å²) in [6.07, 6.45) is 2.87. The molecule has 0 heterocycles. The van der Waals surface area contributed by atoms with Gasteiger partial charge in [-0.1, -0.05) is 13.8 Å². The van der Waals surface area contributed by atoms with E-state index in [0.717, 1.165) is 24.8 Å². The summed E-state index contributed by atoms with van der Waals surface area (Å²) in [6.45, 7) is 4.26. The molecule has 0 radical (unpaired) electrons. The molecule has 0 saturated heterocycles. The van der Waals surface area contributed by atoms with Crippen molar-refractivity contribution in [2.45, 2.75) is 26.7 Å². The molecule has 0 amide bonds. The average Bonchev–Trinajstić information content (AvgIpc) is 1.76. The van der Waals surface area contributed by atoms with E-state index in [1.165, 1.54) is 0 Å². The normalized spacial score (nSPS) is 21.4. The summed E-state index contributed by atoms with van der Waals surface area (Å²) in [7, 11) is -3.17. The maximum atomic E-state index is 10.6. The fourth-order valence-electron chi connectivity index (χ4n) is 1.28. The van der Waals surface area contributed by atoms with E-state index in [9.17, 15) is 8.42 Å². The predicted molar refractivity (Wildman–Crippen MR) is 48.4 cm³/mol. The van der Waals surface area contributed by atoms with Crippen molar-refractivity contribution in [2.24, 2.45) is 10.5 Å². The number of hydrazone groups is 1. The van der Waals surface area contributed by atoms with Crippen molar-refractivity contribution in [3.8, 4) is 0 Å². The van der Waals surface area contributed by atoms with Crippen molar-refractivity contribution in [2.75, 3.05) is 6.26 Å². The summed E-state index contributed by atoms with van der Waals surface area (Å²) >= 11 is 0. The molecule has 0 bridgehead atoms. The molecule has 0 aromatic heterocycles. The number of hydrogen-bond donors (Lipinski definition) is 1. The van der Waals surface area contributed by atoms with Crippen molar-refractivity contribution in [3.05, 3.63) is 0 Å². The standard InChI is InChI=1S/C7H14N2O2S/c1-7(2)4-6(5-7)8-9-12(3,10)11/h9H,4-5H2,1-3H3. The summed E-state index contributed by atoms with van der Waals surface area (Å²) < 4.78 is 21.2. The lowest BCUT2D eigenvalue weighted by atomic mass is 9.71. The van der Waals surface area contributed by atoms with E-state index in [2.05, 4.69) is 23.8 Å². The molecule has 1 aliphatic rings. The maximum Gasteiger partial charge on any atom is 0.244 e. The lowest BCUT2D eigenvalue weighted by molar-refractivity contribution is 0.338. The molecular formula is C7H14N2O2S. The minimum absolute atomic E-state index is 0.304. The van der Waals surface area contributed by atoms with Crippen molar-refractivity contribution in [1.29, 1.82) is 0 Å². The Kier molecular flexibility index (Phi) is 2.16. The van der Waals surface area contributed by atoms with Crippen molar-refractivity contribution < 1.29 is 8.42 Å². The van der Waals surface area contributed by atoms with Crippen LogP contribution in [0.5, 0.6) is 0 Å². The molecule has 1 saturated carbocycles. The van der Waals surface area contributed by atoms with Gasteiger partial charge in [-0.05, 0) is 18.3 Å². The number of hydrogen-bond acceptors (Lipinski definition) is 3.